The average Bonchev–Trinajstić information content (AvgIpc) is 2.41. The van der Waals surface area contributed by atoms with E-state index < -0.39 is 0 Å². The number of nitrogens with two attached hydrogens (primary N) is 1. The van der Waals surface area contributed by atoms with Crippen LogP contribution in [0.5, 0.6) is 5.75 Å². The SMILES string of the molecule is COc1ccc(NC(=O)c2cc(I)ccc2Br)cc1N. The third-order valence-corrected chi connectivity index (χ3v) is 4.02. The zero-order valence-corrected chi connectivity index (χ0v) is 14.4. The maximum absolute atomic E-state index is 12.2. The summed E-state index contributed by atoms with van der Waals surface area (Å²) in [6.45, 7) is 0. The fourth-order valence-corrected chi connectivity index (χ4v) is 2.60. The number of rotatable bonds is 3. The Kier molecular flexibility index (Phi) is 4.87. The minimum absolute atomic E-state index is 0.194. The van der Waals surface area contributed by atoms with Gasteiger partial charge in [0, 0.05) is 13.7 Å². The number of benzene rings is 2. The van der Waals surface area contributed by atoms with Crippen LogP contribution in [0.15, 0.2) is 40.9 Å². The van der Waals surface area contributed by atoms with Crippen molar-refractivity contribution in [1.82, 2.24) is 0 Å². The van der Waals surface area contributed by atoms with Gasteiger partial charge in [-0.05, 0) is 74.9 Å². The molecule has 0 aromatic heterocycles. The number of carbonyl (C=O) groups is 1. The van der Waals surface area contributed by atoms with E-state index in [2.05, 4.69) is 43.8 Å². The number of nitrogen functional groups attached to an aromatic ring is 1. The van der Waals surface area contributed by atoms with Crippen molar-refractivity contribution in [2.75, 3.05) is 18.2 Å². The Bertz CT molecular complexity index is 662. The second kappa shape index (κ2) is 6.45. The van der Waals surface area contributed by atoms with Gasteiger partial charge >= 0.3 is 0 Å². The minimum atomic E-state index is -0.194. The third-order valence-electron chi connectivity index (χ3n) is 2.66. The maximum Gasteiger partial charge on any atom is 0.256 e. The van der Waals surface area contributed by atoms with Crippen molar-refractivity contribution >= 4 is 55.8 Å². The van der Waals surface area contributed by atoms with Crippen LogP contribution in [0.4, 0.5) is 11.4 Å². The highest BCUT2D eigenvalue weighted by molar-refractivity contribution is 14.1. The monoisotopic (exact) mass is 446 g/mol. The Morgan fingerprint density at radius 3 is 2.70 bits per heavy atom. The predicted molar refractivity (Wildman–Crippen MR) is 92.2 cm³/mol. The highest BCUT2D eigenvalue weighted by Crippen LogP contribution is 2.26. The molecule has 0 saturated carbocycles. The van der Waals surface area contributed by atoms with Gasteiger partial charge in [-0.1, -0.05) is 0 Å². The summed E-state index contributed by atoms with van der Waals surface area (Å²) in [7, 11) is 1.55. The van der Waals surface area contributed by atoms with Crippen LogP contribution in [0.3, 0.4) is 0 Å². The fraction of sp³-hybridized carbons (Fsp3) is 0.0714. The van der Waals surface area contributed by atoms with Crippen molar-refractivity contribution in [3.8, 4) is 5.75 Å². The number of nitrogens with one attached hydrogen (secondary N) is 1. The van der Waals surface area contributed by atoms with Gasteiger partial charge in [0.1, 0.15) is 5.75 Å². The lowest BCUT2D eigenvalue weighted by molar-refractivity contribution is 0.102. The Morgan fingerprint density at radius 2 is 2.05 bits per heavy atom. The summed E-state index contributed by atoms with van der Waals surface area (Å²) in [5, 5.41) is 2.81. The summed E-state index contributed by atoms with van der Waals surface area (Å²) in [6.07, 6.45) is 0. The molecule has 104 valence electrons. The topological polar surface area (TPSA) is 64.3 Å². The maximum atomic E-state index is 12.2. The van der Waals surface area contributed by atoms with Crippen LogP contribution in [0.2, 0.25) is 0 Å². The third kappa shape index (κ3) is 3.43. The van der Waals surface area contributed by atoms with Crippen LogP contribution in [-0.4, -0.2) is 13.0 Å². The molecule has 20 heavy (non-hydrogen) atoms. The lowest BCUT2D eigenvalue weighted by Gasteiger charge is -2.10. The molecule has 1 amide bonds. The van der Waals surface area contributed by atoms with E-state index in [1.807, 2.05) is 18.2 Å². The van der Waals surface area contributed by atoms with Gasteiger partial charge in [-0.2, -0.15) is 0 Å². The van der Waals surface area contributed by atoms with Gasteiger partial charge in [-0.3, -0.25) is 4.79 Å². The molecule has 6 heteroatoms. The molecular weight excluding hydrogens is 435 g/mol. The number of hydrogen-bond donors (Lipinski definition) is 2. The van der Waals surface area contributed by atoms with Crippen LogP contribution in [-0.2, 0) is 0 Å². The molecule has 0 saturated heterocycles. The summed E-state index contributed by atoms with van der Waals surface area (Å²) in [5.74, 6) is 0.387. The first-order chi connectivity index (χ1) is 9.51. The first-order valence-electron chi connectivity index (χ1n) is 5.71. The van der Waals surface area contributed by atoms with Crippen molar-refractivity contribution < 1.29 is 9.53 Å². The van der Waals surface area contributed by atoms with Crippen LogP contribution in [0.25, 0.3) is 0 Å². The van der Waals surface area contributed by atoms with Crippen molar-refractivity contribution in [1.29, 1.82) is 0 Å². The molecule has 0 aliphatic heterocycles. The zero-order chi connectivity index (χ0) is 14.7. The van der Waals surface area contributed by atoms with Gasteiger partial charge in [0.2, 0.25) is 0 Å². The van der Waals surface area contributed by atoms with Gasteiger partial charge in [-0.25, -0.2) is 0 Å². The number of carbonyl (C=O) groups excluding carboxylic acids is 1. The fourth-order valence-electron chi connectivity index (χ4n) is 1.68. The Morgan fingerprint density at radius 1 is 1.30 bits per heavy atom. The van der Waals surface area contributed by atoms with Gasteiger partial charge < -0.3 is 15.8 Å². The number of hydrogen-bond acceptors (Lipinski definition) is 3. The van der Waals surface area contributed by atoms with Gasteiger partial charge in [-0.15, -0.1) is 0 Å². The normalized spacial score (nSPS) is 10.2. The average molecular weight is 447 g/mol. The van der Waals surface area contributed by atoms with E-state index >= 15 is 0 Å². The molecular formula is C14H12BrIN2O2. The smallest absolute Gasteiger partial charge is 0.256 e. The molecule has 0 aliphatic rings. The Hall–Kier alpha value is -1.28. The van der Waals surface area contributed by atoms with Gasteiger partial charge in [0.25, 0.3) is 5.91 Å². The number of amides is 1. The summed E-state index contributed by atoms with van der Waals surface area (Å²) in [5.41, 5.74) is 7.49. The van der Waals surface area contributed by atoms with Crippen LogP contribution < -0.4 is 15.8 Å². The Labute approximate surface area is 139 Å². The molecule has 0 unspecified atom stereocenters. The molecule has 2 aromatic carbocycles. The molecule has 0 spiro atoms. The Balaban J connectivity index is 2.23. The van der Waals surface area contributed by atoms with E-state index in [1.165, 1.54) is 0 Å². The molecule has 0 heterocycles. The first kappa shape index (κ1) is 15.1. The van der Waals surface area contributed by atoms with Crippen molar-refractivity contribution in [3.63, 3.8) is 0 Å². The van der Waals surface area contributed by atoms with Gasteiger partial charge in [0.05, 0.1) is 18.4 Å². The van der Waals surface area contributed by atoms with E-state index in [1.54, 1.807) is 25.3 Å². The molecule has 0 bridgehead atoms. The van der Waals surface area contributed by atoms with Crippen molar-refractivity contribution in [2.45, 2.75) is 0 Å². The molecule has 0 radical (unpaired) electrons. The highest BCUT2D eigenvalue weighted by Gasteiger charge is 2.11. The highest BCUT2D eigenvalue weighted by atomic mass is 127. The standard InChI is InChI=1S/C14H12BrIN2O2/c1-20-13-5-3-9(7-12(13)17)18-14(19)10-6-8(16)2-4-11(10)15/h2-7H,17H2,1H3,(H,18,19). The van der Waals surface area contributed by atoms with E-state index in [0.29, 0.717) is 22.7 Å². The summed E-state index contributed by atoms with van der Waals surface area (Å²) < 4.78 is 6.82. The number of ether oxygens (including phenoxy) is 1. The van der Waals surface area contributed by atoms with Crippen LogP contribution in [0, 0.1) is 3.57 Å². The van der Waals surface area contributed by atoms with Crippen molar-refractivity contribution in [3.05, 3.63) is 50.0 Å². The molecule has 0 atom stereocenters. The number of halogens is 2. The number of anilines is 2. The molecule has 4 nitrogen and oxygen atoms in total. The lowest BCUT2D eigenvalue weighted by Crippen LogP contribution is -2.13. The second-order valence-electron chi connectivity index (χ2n) is 4.04. The predicted octanol–water partition coefficient (Wildman–Crippen LogP) is 3.90. The number of methoxy groups -OCH3 is 1. The van der Waals surface area contributed by atoms with E-state index in [0.717, 1.165) is 8.04 Å². The van der Waals surface area contributed by atoms with E-state index in [-0.39, 0.29) is 5.91 Å². The molecule has 2 aromatic rings. The van der Waals surface area contributed by atoms with E-state index in [4.69, 9.17) is 10.5 Å². The molecule has 3 N–H and O–H groups in total. The molecule has 0 aliphatic carbocycles. The van der Waals surface area contributed by atoms with Gasteiger partial charge in [0.15, 0.2) is 0 Å². The summed E-state index contributed by atoms with van der Waals surface area (Å²) in [4.78, 5) is 12.2. The van der Waals surface area contributed by atoms with Crippen LogP contribution >= 0.6 is 38.5 Å². The second-order valence-corrected chi connectivity index (χ2v) is 6.13. The summed E-state index contributed by atoms with van der Waals surface area (Å²) in [6, 6.07) is 10.7. The van der Waals surface area contributed by atoms with Crippen LogP contribution in [0.1, 0.15) is 10.4 Å². The quantitative estimate of drug-likeness (QED) is 0.555. The first-order valence-corrected chi connectivity index (χ1v) is 7.58. The summed E-state index contributed by atoms with van der Waals surface area (Å²) >= 11 is 5.54. The lowest BCUT2D eigenvalue weighted by atomic mass is 10.2. The minimum Gasteiger partial charge on any atom is -0.495 e. The zero-order valence-electron chi connectivity index (χ0n) is 10.6. The van der Waals surface area contributed by atoms with Crippen molar-refractivity contribution in [2.24, 2.45) is 0 Å². The molecule has 0 fully saturated rings. The van der Waals surface area contributed by atoms with E-state index in [9.17, 15) is 4.79 Å². The molecule has 2 rings (SSSR count). The largest absolute Gasteiger partial charge is 0.495 e.